The van der Waals surface area contributed by atoms with Gasteiger partial charge in [0.15, 0.2) is 0 Å². The molecule has 4 rings (SSSR count). The third kappa shape index (κ3) is 3.58. The van der Waals surface area contributed by atoms with Gasteiger partial charge in [-0.25, -0.2) is 8.42 Å². The van der Waals surface area contributed by atoms with Crippen molar-refractivity contribution in [1.29, 1.82) is 5.26 Å². The maximum Gasteiger partial charge on any atom is 0.253 e. The lowest BCUT2D eigenvalue weighted by Crippen LogP contribution is -2.50. The molecule has 0 N–H and O–H groups in total. The molecule has 8 heteroatoms. The molecule has 2 heterocycles. The van der Waals surface area contributed by atoms with Gasteiger partial charge in [-0.15, -0.1) is 0 Å². The van der Waals surface area contributed by atoms with Crippen molar-refractivity contribution in [2.45, 2.75) is 4.90 Å². The van der Waals surface area contributed by atoms with Crippen LogP contribution in [-0.2, 0) is 10.0 Å². The van der Waals surface area contributed by atoms with Crippen molar-refractivity contribution in [1.82, 2.24) is 14.2 Å². The highest BCUT2D eigenvalue weighted by Crippen LogP contribution is 2.26. The molecule has 3 aromatic rings. The minimum absolute atomic E-state index is 0.199. The number of aromatic nitrogens is 1. The standard InChI is InChI=1S/C21H18N4O3S/c22-14-16-3-1-4-17(13-16)21(26)24-9-11-25(12-10-24)29(27,28)20-6-2-5-18-15-23-8-7-19(18)20/h1-8,13,15H,9-12H2. The van der Waals surface area contributed by atoms with Crippen LogP contribution in [-0.4, -0.2) is 54.7 Å². The monoisotopic (exact) mass is 406 g/mol. The molecule has 0 unspecified atom stereocenters. The predicted octanol–water partition coefficient (Wildman–Crippen LogP) is 2.25. The predicted molar refractivity (Wildman–Crippen MR) is 108 cm³/mol. The van der Waals surface area contributed by atoms with E-state index in [-0.39, 0.29) is 23.9 Å². The van der Waals surface area contributed by atoms with Gasteiger partial charge in [0, 0.05) is 54.9 Å². The number of hydrogen-bond acceptors (Lipinski definition) is 5. The number of carbonyl (C=O) groups is 1. The van der Waals surface area contributed by atoms with Gasteiger partial charge in [-0.2, -0.15) is 9.57 Å². The van der Waals surface area contributed by atoms with Crippen LogP contribution in [0.5, 0.6) is 0 Å². The van der Waals surface area contributed by atoms with Crippen molar-refractivity contribution < 1.29 is 13.2 Å². The van der Waals surface area contributed by atoms with E-state index in [2.05, 4.69) is 4.98 Å². The molecule has 7 nitrogen and oxygen atoms in total. The fourth-order valence-corrected chi connectivity index (χ4v) is 5.13. The van der Waals surface area contributed by atoms with Gasteiger partial charge in [-0.1, -0.05) is 18.2 Å². The number of nitriles is 1. The highest BCUT2D eigenvalue weighted by Gasteiger charge is 2.31. The van der Waals surface area contributed by atoms with Crippen molar-refractivity contribution in [2.24, 2.45) is 0 Å². The molecule has 1 aromatic heterocycles. The zero-order valence-corrected chi connectivity index (χ0v) is 16.3. The first kappa shape index (κ1) is 19.1. The van der Waals surface area contributed by atoms with Crippen molar-refractivity contribution in [3.05, 3.63) is 72.1 Å². The van der Waals surface area contributed by atoms with E-state index in [4.69, 9.17) is 5.26 Å². The Balaban J connectivity index is 1.53. The molecule has 0 spiro atoms. The van der Waals surface area contributed by atoms with E-state index in [9.17, 15) is 13.2 Å². The number of nitrogens with zero attached hydrogens (tertiary/aromatic N) is 4. The van der Waals surface area contributed by atoms with Crippen LogP contribution in [0.3, 0.4) is 0 Å². The third-order valence-corrected chi connectivity index (χ3v) is 6.98. The summed E-state index contributed by atoms with van der Waals surface area (Å²) < 4.78 is 27.8. The third-order valence-electron chi connectivity index (χ3n) is 5.02. The maximum absolute atomic E-state index is 13.2. The Labute approximate surface area is 168 Å². The van der Waals surface area contributed by atoms with E-state index in [1.54, 1.807) is 59.8 Å². The molecule has 0 aliphatic carbocycles. The summed E-state index contributed by atoms with van der Waals surface area (Å²) in [6, 6.07) is 15.4. The van der Waals surface area contributed by atoms with E-state index in [0.717, 1.165) is 5.39 Å². The molecule has 1 aliphatic rings. The number of fused-ring (bicyclic) bond motifs is 1. The average molecular weight is 406 g/mol. The summed E-state index contributed by atoms with van der Waals surface area (Å²) in [5.41, 5.74) is 0.851. The molecule has 2 aromatic carbocycles. The van der Waals surface area contributed by atoms with Crippen LogP contribution in [0, 0.1) is 11.3 Å². The Morgan fingerprint density at radius 3 is 2.55 bits per heavy atom. The topological polar surface area (TPSA) is 94.4 Å². The molecule has 0 atom stereocenters. The molecule has 0 saturated carbocycles. The van der Waals surface area contributed by atoms with Crippen LogP contribution in [0.1, 0.15) is 15.9 Å². The fraction of sp³-hybridized carbons (Fsp3) is 0.190. The summed E-state index contributed by atoms with van der Waals surface area (Å²) in [6.45, 7) is 1.02. The second kappa shape index (κ2) is 7.62. The lowest BCUT2D eigenvalue weighted by atomic mass is 10.1. The van der Waals surface area contributed by atoms with Crippen LogP contribution in [0.4, 0.5) is 0 Å². The zero-order valence-electron chi connectivity index (χ0n) is 15.5. The minimum atomic E-state index is -3.69. The van der Waals surface area contributed by atoms with Crippen LogP contribution >= 0.6 is 0 Å². The van der Waals surface area contributed by atoms with Crippen molar-refractivity contribution >= 4 is 26.7 Å². The summed E-state index contributed by atoms with van der Waals surface area (Å²) in [5, 5.41) is 10.4. The molecule has 146 valence electrons. The minimum Gasteiger partial charge on any atom is -0.336 e. The van der Waals surface area contributed by atoms with E-state index >= 15 is 0 Å². The van der Waals surface area contributed by atoms with Crippen LogP contribution in [0.2, 0.25) is 0 Å². The largest absolute Gasteiger partial charge is 0.336 e. The Morgan fingerprint density at radius 1 is 1.03 bits per heavy atom. The first-order valence-corrected chi connectivity index (χ1v) is 10.6. The van der Waals surface area contributed by atoms with Crippen molar-refractivity contribution in [3.8, 4) is 6.07 Å². The normalized spacial score (nSPS) is 15.2. The van der Waals surface area contributed by atoms with Gasteiger partial charge < -0.3 is 4.90 Å². The van der Waals surface area contributed by atoms with Gasteiger partial charge in [-0.05, 0) is 30.3 Å². The number of benzene rings is 2. The number of rotatable bonds is 3. The Kier molecular flexibility index (Phi) is 5.01. The number of amides is 1. The zero-order chi connectivity index (χ0) is 20.4. The summed E-state index contributed by atoms with van der Waals surface area (Å²) in [5.74, 6) is -0.199. The van der Waals surface area contributed by atoms with E-state index < -0.39 is 10.0 Å². The first-order valence-electron chi connectivity index (χ1n) is 9.13. The number of carbonyl (C=O) groups excluding carboxylic acids is 1. The lowest BCUT2D eigenvalue weighted by Gasteiger charge is -2.34. The highest BCUT2D eigenvalue weighted by molar-refractivity contribution is 7.89. The van der Waals surface area contributed by atoms with Crippen LogP contribution in [0.25, 0.3) is 10.8 Å². The lowest BCUT2D eigenvalue weighted by molar-refractivity contribution is 0.0698. The summed E-state index contributed by atoms with van der Waals surface area (Å²) in [7, 11) is -3.69. The van der Waals surface area contributed by atoms with E-state index in [1.165, 1.54) is 4.31 Å². The second-order valence-corrected chi connectivity index (χ2v) is 8.65. The Morgan fingerprint density at radius 2 is 1.79 bits per heavy atom. The molecule has 0 radical (unpaired) electrons. The number of hydrogen-bond donors (Lipinski definition) is 0. The average Bonchev–Trinajstić information content (AvgIpc) is 2.78. The van der Waals surface area contributed by atoms with E-state index in [1.807, 2.05) is 12.1 Å². The summed E-state index contributed by atoms with van der Waals surface area (Å²) in [6.07, 6.45) is 3.22. The van der Waals surface area contributed by atoms with Gasteiger partial charge in [0.05, 0.1) is 16.5 Å². The molecular weight excluding hydrogens is 388 g/mol. The smallest absolute Gasteiger partial charge is 0.253 e. The maximum atomic E-state index is 13.2. The number of piperazine rings is 1. The van der Waals surface area contributed by atoms with Crippen molar-refractivity contribution in [2.75, 3.05) is 26.2 Å². The molecular formula is C21H18N4O3S. The molecule has 1 saturated heterocycles. The summed E-state index contributed by atoms with van der Waals surface area (Å²) in [4.78, 5) is 18.6. The molecule has 1 amide bonds. The fourth-order valence-electron chi connectivity index (χ4n) is 3.49. The Hall–Kier alpha value is -3.28. The summed E-state index contributed by atoms with van der Waals surface area (Å²) >= 11 is 0. The SMILES string of the molecule is N#Cc1cccc(C(=O)N2CCN(S(=O)(=O)c3cccc4cnccc34)CC2)c1. The number of sulfonamides is 1. The Bertz CT molecular complexity index is 1220. The quantitative estimate of drug-likeness (QED) is 0.665. The second-order valence-electron chi connectivity index (χ2n) is 6.74. The highest BCUT2D eigenvalue weighted by atomic mass is 32.2. The molecule has 1 aliphatic heterocycles. The van der Waals surface area contributed by atoms with Crippen LogP contribution < -0.4 is 0 Å². The van der Waals surface area contributed by atoms with Gasteiger partial charge >= 0.3 is 0 Å². The molecule has 1 fully saturated rings. The van der Waals surface area contributed by atoms with Gasteiger partial charge in [-0.3, -0.25) is 9.78 Å². The molecule has 0 bridgehead atoms. The van der Waals surface area contributed by atoms with Crippen LogP contribution in [0.15, 0.2) is 65.8 Å². The molecule has 29 heavy (non-hydrogen) atoms. The van der Waals surface area contributed by atoms with E-state index in [0.29, 0.717) is 29.6 Å². The van der Waals surface area contributed by atoms with Gasteiger partial charge in [0.25, 0.3) is 5.91 Å². The van der Waals surface area contributed by atoms with Gasteiger partial charge in [0.2, 0.25) is 10.0 Å². The van der Waals surface area contributed by atoms with Crippen molar-refractivity contribution in [3.63, 3.8) is 0 Å². The number of pyridine rings is 1. The first-order chi connectivity index (χ1) is 14.0. The van der Waals surface area contributed by atoms with Gasteiger partial charge in [0.1, 0.15) is 0 Å².